The summed E-state index contributed by atoms with van der Waals surface area (Å²) in [6, 6.07) is 9.19. The van der Waals surface area contributed by atoms with E-state index in [9.17, 15) is 0 Å². The molecule has 0 saturated carbocycles. The maximum Gasteiger partial charge on any atom is 0.0991 e. The first-order chi connectivity index (χ1) is 6.86. The number of nitriles is 1. The Morgan fingerprint density at radius 1 is 1.14 bits per heavy atom. The first-order valence-electron chi connectivity index (χ1n) is 4.46. The summed E-state index contributed by atoms with van der Waals surface area (Å²) in [5.74, 6) is 5.91. The number of aliphatic hydroxyl groups excluding tert-OH is 1. The van der Waals surface area contributed by atoms with Crippen molar-refractivity contribution in [1.82, 2.24) is 0 Å². The third-order valence-electron chi connectivity index (χ3n) is 1.71. The van der Waals surface area contributed by atoms with Gasteiger partial charge in [0.15, 0.2) is 0 Å². The van der Waals surface area contributed by atoms with Gasteiger partial charge in [-0.2, -0.15) is 5.26 Å². The standard InChI is InChI=1S/C12H11NO/c13-10-12-7-5-11(6-8-12)4-2-1-3-9-14/h5-8,14H,1,3,9H2. The van der Waals surface area contributed by atoms with Crippen molar-refractivity contribution in [2.45, 2.75) is 12.8 Å². The molecule has 0 aliphatic rings. The second kappa shape index (κ2) is 5.80. The number of rotatable bonds is 2. The van der Waals surface area contributed by atoms with Crippen LogP contribution in [0.3, 0.4) is 0 Å². The first kappa shape index (κ1) is 10.3. The van der Waals surface area contributed by atoms with Crippen LogP contribution >= 0.6 is 0 Å². The molecule has 0 aliphatic carbocycles. The Labute approximate surface area is 83.8 Å². The molecule has 0 aromatic heterocycles. The van der Waals surface area contributed by atoms with E-state index in [1.165, 1.54) is 0 Å². The Kier molecular flexibility index (Phi) is 4.27. The van der Waals surface area contributed by atoms with Crippen LogP contribution in [-0.2, 0) is 0 Å². The molecule has 1 N–H and O–H groups in total. The fourth-order valence-electron chi connectivity index (χ4n) is 0.960. The van der Waals surface area contributed by atoms with Crippen LogP contribution in [0.15, 0.2) is 24.3 Å². The predicted octanol–water partition coefficient (Wildman–Crippen LogP) is 1.68. The number of hydrogen-bond acceptors (Lipinski definition) is 2. The van der Waals surface area contributed by atoms with Gasteiger partial charge in [-0.3, -0.25) is 0 Å². The zero-order valence-corrected chi connectivity index (χ0v) is 7.83. The monoisotopic (exact) mass is 185 g/mol. The van der Waals surface area contributed by atoms with Crippen molar-refractivity contribution >= 4 is 0 Å². The van der Waals surface area contributed by atoms with Crippen LogP contribution in [0.25, 0.3) is 0 Å². The number of nitrogens with zero attached hydrogens (tertiary/aromatic N) is 1. The Morgan fingerprint density at radius 3 is 2.36 bits per heavy atom. The molecule has 0 fully saturated rings. The van der Waals surface area contributed by atoms with Gasteiger partial charge in [0.05, 0.1) is 11.6 Å². The summed E-state index contributed by atoms with van der Waals surface area (Å²) in [4.78, 5) is 0. The highest BCUT2D eigenvalue weighted by atomic mass is 16.2. The number of unbranched alkanes of at least 4 members (excludes halogenated alkanes) is 1. The summed E-state index contributed by atoms with van der Waals surface area (Å²) in [6.07, 6.45) is 1.42. The molecule has 0 radical (unpaired) electrons. The van der Waals surface area contributed by atoms with Crippen molar-refractivity contribution in [3.8, 4) is 17.9 Å². The zero-order chi connectivity index (χ0) is 10.2. The normalized spacial score (nSPS) is 8.57. The highest BCUT2D eigenvalue weighted by Gasteiger charge is 1.88. The van der Waals surface area contributed by atoms with Crippen molar-refractivity contribution in [3.63, 3.8) is 0 Å². The lowest BCUT2D eigenvalue weighted by Gasteiger charge is -1.89. The van der Waals surface area contributed by atoms with Gasteiger partial charge in [-0.25, -0.2) is 0 Å². The van der Waals surface area contributed by atoms with Gasteiger partial charge in [0.1, 0.15) is 0 Å². The van der Waals surface area contributed by atoms with Crippen LogP contribution < -0.4 is 0 Å². The van der Waals surface area contributed by atoms with Crippen LogP contribution in [0.1, 0.15) is 24.0 Å². The van der Waals surface area contributed by atoms with Gasteiger partial charge in [-0.15, -0.1) is 0 Å². The van der Waals surface area contributed by atoms with Crippen LogP contribution in [-0.4, -0.2) is 11.7 Å². The van der Waals surface area contributed by atoms with Crippen LogP contribution in [0.4, 0.5) is 0 Å². The van der Waals surface area contributed by atoms with Gasteiger partial charge in [0, 0.05) is 18.6 Å². The molecule has 70 valence electrons. The van der Waals surface area contributed by atoms with Crippen molar-refractivity contribution in [3.05, 3.63) is 35.4 Å². The minimum atomic E-state index is 0.183. The molecule has 0 atom stereocenters. The first-order valence-corrected chi connectivity index (χ1v) is 4.46. The van der Waals surface area contributed by atoms with Crippen molar-refractivity contribution in [1.29, 1.82) is 5.26 Å². The molecule has 0 saturated heterocycles. The maximum atomic E-state index is 8.56. The van der Waals surface area contributed by atoms with Gasteiger partial charge in [-0.1, -0.05) is 11.8 Å². The van der Waals surface area contributed by atoms with E-state index in [0.717, 1.165) is 5.56 Å². The van der Waals surface area contributed by atoms with Gasteiger partial charge >= 0.3 is 0 Å². The molecule has 0 heterocycles. The van der Waals surface area contributed by atoms with E-state index in [4.69, 9.17) is 10.4 Å². The molecule has 0 bridgehead atoms. The highest BCUT2D eigenvalue weighted by Crippen LogP contribution is 2.01. The van der Waals surface area contributed by atoms with Crippen molar-refractivity contribution in [2.75, 3.05) is 6.61 Å². The van der Waals surface area contributed by atoms with Gasteiger partial charge < -0.3 is 5.11 Å². The summed E-state index contributed by atoms with van der Waals surface area (Å²) in [7, 11) is 0. The van der Waals surface area contributed by atoms with Gasteiger partial charge in [-0.05, 0) is 30.7 Å². The summed E-state index contributed by atoms with van der Waals surface area (Å²) in [6.45, 7) is 0.183. The molecule has 2 heteroatoms. The van der Waals surface area contributed by atoms with E-state index in [1.54, 1.807) is 12.1 Å². The predicted molar refractivity (Wildman–Crippen MR) is 54.4 cm³/mol. The van der Waals surface area contributed by atoms with Gasteiger partial charge in [0.2, 0.25) is 0 Å². The molecule has 2 nitrogen and oxygen atoms in total. The van der Waals surface area contributed by atoms with E-state index in [2.05, 4.69) is 11.8 Å². The molecular weight excluding hydrogens is 174 g/mol. The molecule has 1 aromatic carbocycles. The SMILES string of the molecule is N#Cc1ccc(C#CCCCO)cc1. The number of aliphatic hydroxyl groups is 1. The van der Waals surface area contributed by atoms with E-state index < -0.39 is 0 Å². The van der Waals surface area contributed by atoms with Crippen molar-refractivity contribution < 1.29 is 5.11 Å². The fourth-order valence-corrected chi connectivity index (χ4v) is 0.960. The largest absolute Gasteiger partial charge is 0.396 e. The van der Waals surface area contributed by atoms with E-state index in [1.807, 2.05) is 18.2 Å². The van der Waals surface area contributed by atoms with Crippen molar-refractivity contribution in [2.24, 2.45) is 0 Å². The Balaban J connectivity index is 2.59. The third-order valence-corrected chi connectivity index (χ3v) is 1.71. The Bertz CT molecular complexity index is 376. The molecule has 0 spiro atoms. The second-order valence-electron chi connectivity index (χ2n) is 2.82. The Morgan fingerprint density at radius 2 is 1.79 bits per heavy atom. The molecule has 0 aliphatic heterocycles. The molecule has 1 aromatic rings. The van der Waals surface area contributed by atoms with Crippen LogP contribution in [0.2, 0.25) is 0 Å². The summed E-state index contributed by atoms with van der Waals surface area (Å²) < 4.78 is 0. The second-order valence-corrected chi connectivity index (χ2v) is 2.82. The molecular formula is C12H11NO. The lowest BCUT2D eigenvalue weighted by molar-refractivity contribution is 0.290. The van der Waals surface area contributed by atoms with E-state index in [-0.39, 0.29) is 6.61 Å². The summed E-state index contributed by atoms with van der Waals surface area (Å²) in [5.41, 5.74) is 1.55. The van der Waals surface area contributed by atoms with Gasteiger partial charge in [0.25, 0.3) is 0 Å². The summed E-state index contributed by atoms with van der Waals surface area (Å²) in [5, 5.41) is 17.1. The highest BCUT2D eigenvalue weighted by molar-refractivity contribution is 5.39. The molecule has 14 heavy (non-hydrogen) atoms. The zero-order valence-electron chi connectivity index (χ0n) is 7.83. The number of hydrogen-bond donors (Lipinski definition) is 1. The van der Waals surface area contributed by atoms with Crippen LogP contribution in [0, 0.1) is 23.2 Å². The van der Waals surface area contributed by atoms with Crippen LogP contribution in [0.5, 0.6) is 0 Å². The Hall–Kier alpha value is -1.77. The molecule has 0 unspecified atom stereocenters. The summed E-state index contributed by atoms with van der Waals surface area (Å²) >= 11 is 0. The average molecular weight is 185 g/mol. The third kappa shape index (κ3) is 3.31. The lowest BCUT2D eigenvalue weighted by Crippen LogP contribution is -1.80. The lowest BCUT2D eigenvalue weighted by atomic mass is 10.1. The van der Waals surface area contributed by atoms with E-state index >= 15 is 0 Å². The van der Waals surface area contributed by atoms with E-state index in [0.29, 0.717) is 18.4 Å². The smallest absolute Gasteiger partial charge is 0.0991 e. The topological polar surface area (TPSA) is 44.0 Å². The molecule has 1 rings (SSSR count). The minimum absolute atomic E-state index is 0.183. The quantitative estimate of drug-likeness (QED) is 0.562. The maximum absolute atomic E-state index is 8.56. The minimum Gasteiger partial charge on any atom is -0.396 e. The molecule has 0 amide bonds. The number of benzene rings is 1. The average Bonchev–Trinajstić information content (AvgIpc) is 2.25. The fraction of sp³-hybridized carbons (Fsp3) is 0.250.